The first-order chi connectivity index (χ1) is 9.12. The molecule has 1 aliphatic heterocycles. The van der Waals surface area contributed by atoms with Gasteiger partial charge in [0.05, 0.1) is 19.1 Å². The predicted octanol–water partition coefficient (Wildman–Crippen LogP) is 1.47. The van der Waals surface area contributed by atoms with Gasteiger partial charge in [-0.15, -0.1) is 0 Å². The molecule has 5 heteroatoms. The molecule has 1 aromatic rings. The number of aliphatic carboxylic acids is 1. The van der Waals surface area contributed by atoms with Gasteiger partial charge in [0.2, 0.25) is 0 Å². The van der Waals surface area contributed by atoms with Gasteiger partial charge >= 0.3 is 5.97 Å². The van der Waals surface area contributed by atoms with Crippen LogP contribution < -0.4 is 4.74 Å². The van der Waals surface area contributed by atoms with Crippen LogP contribution in [0, 0.1) is 17.2 Å². The van der Waals surface area contributed by atoms with Gasteiger partial charge in [0.1, 0.15) is 11.8 Å². The van der Waals surface area contributed by atoms with E-state index in [4.69, 9.17) is 15.1 Å². The molecule has 0 radical (unpaired) electrons. The van der Waals surface area contributed by atoms with E-state index in [2.05, 4.69) is 11.0 Å². The number of nitrogens with zero attached hydrogens (tertiary/aromatic N) is 2. The lowest BCUT2D eigenvalue weighted by molar-refractivity contribution is -0.139. The molecule has 0 saturated carbocycles. The maximum Gasteiger partial charge on any atom is 0.303 e. The van der Waals surface area contributed by atoms with E-state index in [-0.39, 0.29) is 12.3 Å². The first kappa shape index (κ1) is 13.4. The van der Waals surface area contributed by atoms with E-state index in [1.165, 1.54) is 0 Å². The topological polar surface area (TPSA) is 73.6 Å². The maximum absolute atomic E-state index is 10.6. The van der Waals surface area contributed by atoms with Crippen LogP contribution in [0.1, 0.15) is 17.5 Å². The number of carboxylic acid groups (broad SMARTS) is 1. The monoisotopic (exact) mass is 260 g/mol. The van der Waals surface area contributed by atoms with Crippen LogP contribution in [-0.4, -0.2) is 36.2 Å². The van der Waals surface area contributed by atoms with Crippen molar-refractivity contribution in [2.24, 2.45) is 5.92 Å². The van der Waals surface area contributed by atoms with E-state index in [0.717, 1.165) is 25.2 Å². The van der Waals surface area contributed by atoms with Crippen molar-refractivity contribution in [1.82, 2.24) is 4.90 Å². The van der Waals surface area contributed by atoms with Gasteiger partial charge in [0, 0.05) is 19.6 Å². The minimum atomic E-state index is -0.735. The Hall–Kier alpha value is -2.06. The zero-order valence-electron chi connectivity index (χ0n) is 10.8. The third-order valence-corrected chi connectivity index (χ3v) is 3.29. The normalized spacial score (nSPS) is 15.6. The molecule has 1 fully saturated rings. The molecule has 100 valence electrons. The van der Waals surface area contributed by atoms with Crippen molar-refractivity contribution < 1.29 is 14.6 Å². The molecule has 1 aromatic carbocycles. The second-order valence-corrected chi connectivity index (χ2v) is 4.80. The Balaban J connectivity index is 1.91. The number of hydrogen-bond donors (Lipinski definition) is 1. The minimum absolute atomic E-state index is 0.239. The van der Waals surface area contributed by atoms with Gasteiger partial charge in [-0.25, -0.2) is 0 Å². The number of benzene rings is 1. The van der Waals surface area contributed by atoms with Crippen LogP contribution in [0.5, 0.6) is 5.75 Å². The highest BCUT2D eigenvalue weighted by atomic mass is 16.5. The molecule has 0 bridgehead atoms. The fraction of sp³-hybridized carbons (Fsp3) is 0.429. The molecule has 1 N–H and O–H groups in total. The Morgan fingerprint density at radius 1 is 1.58 bits per heavy atom. The lowest BCUT2D eigenvalue weighted by Gasteiger charge is -2.38. The van der Waals surface area contributed by atoms with E-state index in [1.54, 1.807) is 13.2 Å². The van der Waals surface area contributed by atoms with Crippen LogP contribution >= 0.6 is 0 Å². The van der Waals surface area contributed by atoms with Gasteiger partial charge in [-0.05, 0) is 23.6 Å². The Morgan fingerprint density at radius 2 is 2.32 bits per heavy atom. The number of ether oxygens (including phenoxy) is 1. The van der Waals surface area contributed by atoms with E-state index < -0.39 is 5.97 Å². The summed E-state index contributed by atoms with van der Waals surface area (Å²) in [6, 6.07) is 7.66. The Morgan fingerprint density at radius 3 is 2.89 bits per heavy atom. The molecule has 0 unspecified atom stereocenters. The molecular formula is C14H16N2O3. The summed E-state index contributed by atoms with van der Waals surface area (Å²) in [5.74, 6) is 0.102. The van der Waals surface area contributed by atoms with Gasteiger partial charge in [-0.2, -0.15) is 5.26 Å². The number of rotatable bonds is 5. The van der Waals surface area contributed by atoms with Crippen molar-refractivity contribution in [1.29, 1.82) is 5.26 Å². The SMILES string of the molecule is COc1ccc(CN2CC(CC(=O)O)C2)cc1C#N. The number of carbonyl (C=O) groups is 1. The van der Waals surface area contributed by atoms with Crippen LogP contribution in [0.15, 0.2) is 18.2 Å². The van der Waals surface area contributed by atoms with Crippen LogP contribution in [0.3, 0.4) is 0 Å². The summed E-state index contributed by atoms with van der Waals surface area (Å²) < 4.78 is 5.10. The summed E-state index contributed by atoms with van der Waals surface area (Å²) in [7, 11) is 1.54. The zero-order valence-corrected chi connectivity index (χ0v) is 10.8. The van der Waals surface area contributed by atoms with Crippen molar-refractivity contribution >= 4 is 5.97 Å². The second kappa shape index (κ2) is 5.72. The Labute approximate surface area is 112 Å². The molecule has 0 spiro atoms. The molecule has 0 aliphatic carbocycles. The van der Waals surface area contributed by atoms with Gasteiger partial charge < -0.3 is 9.84 Å². The number of nitriles is 1. The van der Waals surface area contributed by atoms with Crippen LogP contribution in [-0.2, 0) is 11.3 Å². The average Bonchev–Trinajstić information content (AvgIpc) is 2.35. The third-order valence-electron chi connectivity index (χ3n) is 3.29. The summed E-state index contributed by atoms with van der Waals surface area (Å²) in [4.78, 5) is 12.7. The molecule has 1 heterocycles. The van der Waals surface area contributed by atoms with E-state index in [9.17, 15) is 4.79 Å². The van der Waals surface area contributed by atoms with Gasteiger partial charge in [-0.1, -0.05) is 6.07 Å². The van der Waals surface area contributed by atoms with Gasteiger partial charge in [0.15, 0.2) is 0 Å². The predicted molar refractivity (Wildman–Crippen MR) is 68.7 cm³/mol. The molecule has 0 aromatic heterocycles. The Kier molecular flexibility index (Phi) is 4.03. The highest BCUT2D eigenvalue weighted by molar-refractivity contribution is 5.67. The first-order valence-corrected chi connectivity index (χ1v) is 6.13. The van der Waals surface area contributed by atoms with Crippen LogP contribution in [0.2, 0.25) is 0 Å². The molecule has 1 aliphatic rings. The molecule has 19 heavy (non-hydrogen) atoms. The first-order valence-electron chi connectivity index (χ1n) is 6.13. The summed E-state index contributed by atoms with van der Waals surface area (Å²) >= 11 is 0. The zero-order chi connectivity index (χ0) is 13.8. The smallest absolute Gasteiger partial charge is 0.303 e. The van der Waals surface area contributed by atoms with Crippen LogP contribution in [0.4, 0.5) is 0 Å². The van der Waals surface area contributed by atoms with Crippen molar-refractivity contribution in [3.63, 3.8) is 0 Å². The van der Waals surface area contributed by atoms with Crippen molar-refractivity contribution in [3.8, 4) is 11.8 Å². The lowest BCUT2D eigenvalue weighted by atomic mass is 9.95. The number of methoxy groups -OCH3 is 1. The van der Waals surface area contributed by atoms with Gasteiger partial charge in [0.25, 0.3) is 0 Å². The quantitative estimate of drug-likeness (QED) is 0.868. The maximum atomic E-state index is 10.6. The largest absolute Gasteiger partial charge is 0.495 e. The summed E-state index contributed by atoms with van der Waals surface area (Å²) in [6.07, 6.45) is 0.239. The molecule has 5 nitrogen and oxygen atoms in total. The molecule has 2 rings (SSSR count). The van der Waals surface area contributed by atoms with Crippen molar-refractivity contribution in [2.45, 2.75) is 13.0 Å². The lowest BCUT2D eigenvalue weighted by Crippen LogP contribution is -2.46. The van der Waals surface area contributed by atoms with Crippen molar-refractivity contribution in [3.05, 3.63) is 29.3 Å². The average molecular weight is 260 g/mol. The van der Waals surface area contributed by atoms with Crippen LogP contribution in [0.25, 0.3) is 0 Å². The summed E-state index contributed by atoms with van der Waals surface area (Å²) in [5, 5.41) is 17.7. The van der Waals surface area contributed by atoms with E-state index in [0.29, 0.717) is 11.3 Å². The number of likely N-dealkylation sites (tertiary alicyclic amines) is 1. The van der Waals surface area contributed by atoms with E-state index in [1.807, 2.05) is 12.1 Å². The molecule has 1 saturated heterocycles. The minimum Gasteiger partial charge on any atom is -0.495 e. The molecule has 0 atom stereocenters. The highest BCUT2D eigenvalue weighted by Crippen LogP contribution is 2.24. The molecule has 0 amide bonds. The standard InChI is InChI=1S/C14H16N2O3/c1-19-13-3-2-10(4-12(13)6-15)7-16-8-11(9-16)5-14(17)18/h2-4,11H,5,7-9H2,1H3,(H,17,18). The number of carboxylic acids is 1. The highest BCUT2D eigenvalue weighted by Gasteiger charge is 2.28. The second-order valence-electron chi connectivity index (χ2n) is 4.80. The summed E-state index contributed by atoms with van der Waals surface area (Å²) in [6.45, 7) is 2.36. The van der Waals surface area contributed by atoms with Crippen molar-refractivity contribution in [2.75, 3.05) is 20.2 Å². The molecular weight excluding hydrogens is 244 g/mol. The Bertz CT molecular complexity index is 516. The third kappa shape index (κ3) is 3.24. The van der Waals surface area contributed by atoms with E-state index >= 15 is 0 Å². The van der Waals surface area contributed by atoms with Gasteiger partial charge in [-0.3, -0.25) is 9.69 Å². The number of hydrogen-bond acceptors (Lipinski definition) is 4. The summed E-state index contributed by atoms with van der Waals surface area (Å²) in [5.41, 5.74) is 1.58. The fourth-order valence-corrected chi connectivity index (χ4v) is 2.38. The fourth-order valence-electron chi connectivity index (χ4n) is 2.38.